The molecular formula is C19H24ClN3OS. The van der Waals surface area contributed by atoms with Gasteiger partial charge in [-0.25, -0.2) is 0 Å². The highest BCUT2D eigenvalue weighted by Crippen LogP contribution is 2.27. The highest BCUT2D eigenvalue weighted by atomic mass is 35.5. The average molecular weight is 378 g/mol. The molecule has 1 N–H and O–H groups in total. The second kappa shape index (κ2) is 8.32. The van der Waals surface area contributed by atoms with E-state index in [1.54, 1.807) is 11.3 Å². The lowest BCUT2D eigenvalue weighted by molar-refractivity contribution is -0.117. The van der Waals surface area contributed by atoms with Crippen LogP contribution in [0.15, 0.2) is 29.0 Å². The van der Waals surface area contributed by atoms with E-state index in [0.717, 1.165) is 49.5 Å². The molecular weight excluding hydrogens is 354 g/mol. The lowest BCUT2D eigenvalue weighted by Gasteiger charge is -2.34. The van der Waals surface area contributed by atoms with Gasteiger partial charge in [-0.3, -0.25) is 14.6 Å². The number of nitrogens with zero attached hydrogens (tertiary/aromatic N) is 2. The summed E-state index contributed by atoms with van der Waals surface area (Å²) in [6.07, 6.45) is 0. The molecule has 0 spiro atoms. The van der Waals surface area contributed by atoms with Gasteiger partial charge in [-0.15, -0.1) is 0 Å². The van der Waals surface area contributed by atoms with Gasteiger partial charge in [0.15, 0.2) is 0 Å². The summed E-state index contributed by atoms with van der Waals surface area (Å²) in [5.41, 5.74) is 4.20. The predicted molar refractivity (Wildman–Crippen MR) is 106 cm³/mol. The molecule has 6 heteroatoms. The molecule has 0 saturated carbocycles. The molecule has 0 unspecified atom stereocenters. The third-order valence-corrected chi connectivity index (χ3v) is 5.54. The third-order valence-electron chi connectivity index (χ3n) is 4.51. The molecule has 1 amide bonds. The SMILES string of the molecule is Cc1cc(C)c(NC(=O)CN2CCN(Cc3ccsc3)CC2)c(Cl)c1. The summed E-state index contributed by atoms with van der Waals surface area (Å²) in [5, 5.41) is 7.90. The number of carbonyl (C=O) groups excluding carboxylic acids is 1. The summed E-state index contributed by atoms with van der Waals surface area (Å²) in [6, 6.07) is 6.09. The van der Waals surface area contributed by atoms with E-state index in [1.807, 2.05) is 26.0 Å². The smallest absolute Gasteiger partial charge is 0.238 e. The van der Waals surface area contributed by atoms with E-state index in [-0.39, 0.29) is 5.91 Å². The van der Waals surface area contributed by atoms with Gasteiger partial charge in [0.25, 0.3) is 0 Å². The van der Waals surface area contributed by atoms with Gasteiger partial charge < -0.3 is 5.32 Å². The molecule has 3 rings (SSSR count). The minimum atomic E-state index is 0.000127. The molecule has 0 bridgehead atoms. The molecule has 1 aliphatic rings. The number of amides is 1. The molecule has 0 atom stereocenters. The fourth-order valence-corrected chi connectivity index (χ4v) is 4.23. The first kappa shape index (κ1) is 18.4. The van der Waals surface area contributed by atoms with Crippen molar-refractivity contribution in [1.29, 1.82) is 0 Å². The van der Waals surface area contributed by atoms with Crippen molar-refractivity contribution in [2.24, 2.45) is 0 Å². The van der Waals surface area contributed by atoms with Gasteiger partial charge in [-0.2, -0.15) is 11.3 Å². The molecule has 1 aromatic carbocycles. The van der Waals surface area contributed by atoms with Crippen LogP contribution in [0.3, 0.4) is 0 Å². The van der Waals surface area contributed by atoms with Crippen LogP contribution in [-0.4, -0.2) is 48.4 Å². The Bertz CT molecular complexity index is 701. The van der Waals surface area contributed by atoms with E-state index in [2.05, 4.69) is 31.9 Å². The number of piperazine rings is 1. The van der Waals surface area contributed by atoms with Gasteiger partial charge in [-0.05, 0) is 53.4 Å². The standard InChI is InChI=1S/C19H24ClN3OS/c1-14-9-15(2)19(17(20)10-14)21-18(24)12-23-6-4-22(5-7-23)11-16-3-8-25-13-16/h3,8-10,13H,4-7,11-12H2,1-2H3,(H,21,24). The highest BCUT2D eigenvalue weighted by Gasteiger charge is 2.20. The van der Waals surface area contributed by atoms with Crippen molar-refractivity contribution < 1.29 is 4.79 Å². The number of rotatable bonds is 5. The number of hydrogen-bond donors (Lipinski definition) is 1. The summed E-state index contributed by atoms with van der Waals surface area (Å²) >= 11 is 8.01. The van der Waals surface area contributed by atoms with Crippen molar-refractivity contribution in [2.45, 2.75) is 20.4 Å². The molecule has 1 aliphatic heterocycles. The molecule has 2 aromatic rings. The highest BCUT2D eigenvalue weighted by molar-refractivity contribution is 7.07. The minimum Gasteiger partial charge on any atom is -0.323 e. The maximum absolute atomic E-state index is 12.4. The molecule has 0 aliphatic carbocycles. The minimum absolute atomic E-state index is 0.000127. The fraction of sp³-hybridized carbons (Fsp3) is 0.421. The van der Waals surface area contributed by atoms with Crippen molar-refractivity contribution in [3.8, 4) is 0 Å². The predicted octanol–water partition coefficient (Wildman–Crippen LogP) is 3.77. The number of hydrogen-bond acceptors (Lipinski definition) is 4. The quantitative estimate of drug-likeness (QED) is 0.861. The number of anilines is 1. The topological polar surface area (TPSA) is 35.6 Å². The molecule has 1 aromatic heterocycles. The second-order valence-corrected chi connectivity index (χ2v) is 7.86. The van der Waals surface area contributed by atoms with E-state index in [4.69, 9.17) is 11.6 Å². The fourth-order valence-electron chi connectivity index (χ4n) is 3.20. The summed E-state index contributed by atoms with van der Waals surface area (Å²) in [6.45, 7) is 9.20. The number of halogens is 1. The van der Waals surface area contributed by atoms with Crippen LogP contribution in [0.5, 0.6) is 0 Å². The number of carbonyl (C=O) groups is 1. The summed E-state index contributed by atoms with van der Waals surface area (Å²) in [5.74, 6) is 0.000127. The van der Waals surface area contributed by atoms with Crippen LogP contribution in [0.2, 0.25) is 5.02 Å². The van der Waals surface area contributed by atoms with Crippen molar-refractivity contribution in [3.05, 3.63) is 50.7 Å². The molecule has 2 heterocycles. The Balaban J connectivity index is 1.48. The maximum Gasteiger partial charge on any atom is 0.238 e. The summed E-state index contributed by atoms with van der Waals surface area (Å²) in [4.78, 5) is 17.0. The number of thiophene rings is 1. The van der Waals surface area contributed by atoms with Gasteiger partial charge in [0.1, 0.15) is 0 Å². The molecule has 4 nitrogen and oxygen atoms in total. The molecule has 1 saturated heterocycles. The maximum atomic E-state index is 12.4. The van der Waals surface area contributed by atoms with Crippen molar-refractivity contribution in [3.63, 3.8) is 0 Å². The average Bonchev–Trinajstić information content (AvgIpc) is 3.06. The largest absolute Gasteiger partial charge is 0.323 e. The van der Waals surface area contributed by atoms with E-state index >= 15 is 0 Å². The molecule has 1 fully saturated rings. The van der Waals surface area contributed by atoms with Gasteiger partial charge in [0, 0.05) is 32.7 Å². The Morgan fingerprint density at radius 3 is 2.56 bits per heavy atom. The monoisotopic (exact) mass is 377 g/mol. The normalized spacial score (nSPS) is 16.1. The van der Waals surface area contributed by atoms with Crippen LogP contribution < -0.4 is 5.32 Å². The van der Waals surface area contributed by atoms with Crippen molar-refractivity contribution in [2.75, 3.05) is 38.0 Å². The Labute approximate surface area is 158 Å². The lowest BCUT2D eigenvalue weighted by atomic mass is 10.1. The van der Waals surface area contributed by atoms with E-state index in [9.17, 15) is 4.79 Å². The van der Waals surface area contributed by atoms with Crippen molar-refractivity contribution >= 4 is 34.5 Å². The Morgan fingerprint density at radius 1 is 1.20 bits per heavy atom. The third kappa shape index (κ3) is 5.05. The van der Waals surface area contributed by atoms with Gasteiger partial charge in [-0.1, -0.05) is 17.7 Å². The lowest BCUT2D eigenvalue weighted by Crippen LogP contribution is -2.48. The van der Waals surface area contributed by atoms with Crippen LogP contribution in [0, 0.1) is 13.8 Å². The zero-order chi connectivity index (χ0) is 17.8. The molecule has 25 heavy (non-hydrogen) atoms. The molecule has 0 radical (unpaired) electrons. The van der Waals surface area contributed by atoms with Gasteiger partial charge in [0.2, 0.25) is 5.91 Å². The van der Waals surface area contributed by atoms with Crippen molar-refractivity contribution in [1.82, 2.24) is 9.80 Å². The second-order valence-electron chi connectivity index (χ2n) is 6.67. The zero-order valence-electron chi connectivity index (χ0n) is 14.7. The van der Waals surface area contributed by atoms with Gasteiger partial charge in [0.05, 0.1) is 17.3 Å². The first-order valence-electron chi connectivity index (χ1n) is 8.53. The first-order valence-corrected chi connectivity index (χ1v) is 9.86. The number of benzene rings is 1. The first-order chi connectivity index (χ1) is 12.0. The molecule has 134 valence electrons. The number of aryl methyl sites for hydroxylation is 2. The Kier molecular flexibility index (Phi) is 6.12. The van der Waals surface area contributed by atoms with Crippen LogP contribution in [0.1, 0.15) is 16.7 Å². The Morgan fingerprint density at radius 2 is 1.92 bits per heavy atom. The summed E-state index contributed by atoms with van der Waals surface area (Å²) < 4.78 is 0. The Hall–Kier alpha value is -1.40. The van der Waals surface area contributed by atoms with E-state index in [0.29, 0.717) is 11.6 Å². The van der Waals surface area contributed by atoms with Gasteiger partial charge >= 0.3 is 0 Å². The number of nitrogens with one attached hydrogen (secondary N) is 1. The zero-order valence-corrected chi connectivity index (χ0v) is 16.3. The van der Waals surface area contributed by atoms with Crippen LogP contribution in [0.4, 0.5) is 5.69 Å². The van der Waals surface area contributed by atoms with E-state index < -0.39 is 0 Å². The van der Waals surface area contributed by atoms with Crippen LogP contribution in [0.25, 0.3) is 0 Å². The van der Waals surface area contributed by atoms with Crippen LogP contribution in [-0.2, 0) is 11.3 Å². The van der Waals surface area contributed by atoms with Crippen LogP contribution >= 0.6 is 22.9 Å². The van der Waals surface area contributed by atoms with E-state index in [1.165, 1.54) is 5.56 Å². The summed E-state index contributed by atoms with van der Waals surface area (Å²) in [7, 11) is 0.